The van der Waals surface area contributed by atoms with Crippen molar-refractivity contribution in [1.29, 1.82) is 0 Å². The first-order valence-corrected chi connectivity index (χ1v) is 14.2. The number of rotatable bonds is 12. The van der Waals surface area contributed by atoms with Crippen molar-refractivity contribution in [2.75, 3.05) is 27.0 Å². The average molecular weight is 571 g/mol. The third-order valence-electron chi connectivity index (χ3n) is 6.34. The van der Waals surface area contributed by atoms with Gasteiger partial charge >= 0.3 is 19.5 Å². The molecule has 212 valence electrons. The van der Waals surface area contributed by atoms with Gasteiger partial charge in [0.15, 0.2) is 12.2 Å². The molecule has 1 saturated heterocycles. The van der Waals surface area contributed by atoms with Crippen molar-refractivity contribution in [3.63, 3.8) is 0 Å². The monoisotopic (exact) mass is 570 g/mol. The van der Waals surface area contributed by atoms with Crippen LogP contribution in [0.5, 0.6) is 0 Å². The minimum absolute atomic E-state index is 0.111. The van der Waals surface area contributed by atoms with Crippen LogP contribution in [0.1, 0.15) is 26.3 Å². The van der Waals surface area contributed by atoms with E-state index in [2.05, 4.69) is 0 Å². The minimum Gasteiger partial charge on any atom is -0.452 e. The molecule has 1 unspecified atom stereocenters. The predicted octanol–water partition coefficient (Wildman–Crippen LogP) is 4.23. The SMILES string of the molecule is COP(=O)(C[C@H]1O[C@](O)(COCc2ccccc2)C(OC(=O)c2ccccc2)[C@H]1OC(=O)c1ccccc1)OC. The van der Waals surface area contributed by atoms with E-state index in [-0.39, 0.29) is 17.7 Å². The number of carbonyl (C=O) groups excluding carboxylic acids is 2. The van der Waals surface area contributed by atoms with Crippen LogP contribution < -0.4 is 0 Å². The molecule has 4 rings (SSSR count). The summed E-state index contributed by atoms with van der Waals surface area (Å²) in [6.07, 6.45) is -4.62. The minimum atomic E-state index is -3.74. The van der Waals surface area contributed by atoms with Crippen LogP contribution in [0.3, 0.4) is 0 Å². The molecule has 0 spiro atoms. The zero-order valence-corrected chi connectivity index (χ0v) is 23.0. The zero-order valence-electron chi connectivity index (χ0n) is 22.1. The second-order valence-electron chi connectivity index (χ2n) is 9.07. The summed E-state index contributed by atoms with van der Waals surface area (Å²) < 4.78 is 46.4. The Morgan fingerprint density at radius 2 is 1.32 bits per heavy atom. The zero-order chi connectivity index (χ0) is 28.6. The van der Waals surface area contributed by atoms with E-state index in [9.17, 15) is 19.3 Å². The summed E-state index contributed by atoms with van der Waals surface area (Å²) in [4.78, 5) is 26.2. The van der Waals surface area contributed by atoms with Crippen LogP contribution in [0.4, 0.5) is 0 Å². The first kappa shape index (κ1) is 29.6. The molecule has 3 aromatic rings. The van der Waals surface area contributed by atoms with E-state index in [0.29, 0.717) is 0 Å². The highest BCUT2D eigenvalue weighted by atomic mass is 31.2. The summed E-state index contributed by atoms with van der Waals surface area (Å²) in [6.45, 7) is -0.353. The fourth-order valence-electron chi connectivity index (χ4n) is 4.26. The maximum absolute atomic E-state index is 13.1. The van der Waals surface area contributed by atoms with Crippen molar-refractivity contribution in [2.24, 2.45) is 0 Å². The summed E-state index contributed by atoms with van der Waals surface area (Å²) in [5.74, 6) is -3.84. The molecule has 1 heterocycles. The number of hydrogen-bond donors (Lipinski definition) is 1. The number of carbonyl (C=O) groups is 2. The van der Waals surface area contributed by atoms with E-state index in [4.69, 9.17) is 28.0 Å². The first-order chi connectivity index (χ1) is 19.3. The Bertz CT molecular complexity index is 1300. The topological polar surface area (TPSA) is 127 Å². The quantitative estimate of drug-likeness (QED) is 0.250. The van der Waals surface area contributed by atoms with E-state index in [1.165, 1.54) is 26.4 Å². The normalized spacial score (nSPS) is 22.5. The summed E-state index contributed by atoms with van der Waals surface area (Å²) in [5, 5.41) is 11.7. The average Bonchev–Trinajstić information content (AvgIpc) is 3.23. The lowest BCUT2D eigenvalue weighted by Gasteiger charge is -2.29. The van der Waals surface area contributed by atoms with Crippen molar-refractivity contribution in [1.82, 2.24) is 0 Å². The van der Waals surface area contributed by atoms with Crippen molar-refractivity contribution >= 4 is 19.5 Å². The first-order valence-electron chi connectivity index (χ1n) is 12.5. The summed E-state index contributed by atoms with van der Waals surface area (Å²) >= 11 is 0. The molecule has 1 fully saturated rings. The molecule has 3 aromatic carbocycles. The Kier molecular flexibility index (Phi) is 9.86. The van der Waals surface area contributed by atoms with Gasteiger partial charge in [0, 0.05) is 14.2 Å². The van der Waals surface area contributed by atoms with Crippen molar-refractivity contribution in [2.45, 2.75) is 30.7 Å². The molecule has 0 aliphatic carbocycles. The maximum Gasteiger partial charge on any atom is 0.338 e. The van der Waals surface area contributed by atoms with Crippen molar-refractivity contribution < 1.29 is 47.3 Å². The third-order valence-corrected chi connectivity index (χ3v) is 8.26. The van der Waals surface area contributed by atoms with Gasteiger partial charge in [-0.2, -0.15) is 0 Å². The summed E-state index contributed by atoms with van der Waals surface area (Å²) in [7, 11) is -1.34. The van der Waals surface area contributed by atoms with Gasteiger partial charge in [-0.1, -0.05) is 66.7 Å². The van der Waals surface area contributed by atoms with Gasteiger partial charge in [-0.3, -0.25) is 4.57 Å². The molecule has 0 amide bonds. The Morgan fingerprint density at radius 1 is 0.825 bits per heavy atom. The van der Waals surface area contributed by atoms with Gasteiger partial charge in [0.05, 0.1) is 23.9 Å². The standard InChI is InChI=1S/C29H31O10P/c1-34-40(33,35-2)19-24-25(37-27(30)22-14-8-4-9-15-22)26(38-28(31)23-16-10-5-11-17-23)29(32,39-24)20-36-18-21-12-6-3-7-13-21/h3-17,24-26,32H,18-20H2,1-2H3/t24-,25+,26?,29-/m1/s1. The van der Waals surface area contributed by atoms with Crippen molar-refractivity contribution in [3.05, 3.63) is 108 Å². The number of hydrogen-bond acceptors (Lipinski definition) is 10. The van der Waals surface area contributed by atoms with E-state index >= 15 is 0 Å². The highest BCUT2D eigenvalue weighted by molar-refractivity contribution is 7.53. The number of ether oxygens (including phenoxy) is 4. The van der Waals surface area contributed by atoms with Crippen LogP contribution >= 0.6 is 7.60 Å². The number of benzene rings is 3. The maximum atomic E-state index is 13.1. The van der Waals surface area contributed by atoms with Crippen LogP contribution in [0.15, 0.2) is 91.0 Å². The molecule has 0 radical (unpaired) electrons. The van der Waals surface area contributed by atoms with Crippen LogP contribution in [0.2, 0.25) is 0 Å². The van der Waals surface area contributed by atoms with Gasteiger partial charge < -0.3 is 33.1 Å². The summed E-state index contributed by atoms with van der Waals surface area (Å²) in [6, 6.07) is 25.5. The molecule has 0 bridgehead atoms. The van der Waals surface area contributed by atoms with Crippen LogP contribution in [0.25, 0.3) is 0 Å². The molecule has 0 aromatic heterocycles. The molecule has 11 heteroatoms. The highest BCUT2D eigenvalue weighted by Gasteiger charge is 2.60. The Hall–Kier alpha value is -3.37. The molecule has 40 heavy (non-hydrogen) atoms. The molecule has 1 aliphatic heterocycles. The lowest BCUT2D eigenvalue weighted by atomic mass is 10.0. The fraction of sp³-hybridized carbons (Fsp3) is 0.310. The van der Waals surface area contributed by atoms with E-state index in [1.54, 1.807) is 48.5 Å². The Balaban J connectivity index is 1.66. The lowest BCUT2D eigenvalue weighted by Crippen LogP contribution is -2.50. The van der Waals surface area contributed by atoms with Gasteiger partial charge in [0.25, 0.3) is 0 Å². The number of aliphatic hydroxyl groups is 1. The van der Waals surface area contributed by atoms with Gasteiger partial charge in [-0.05, 0) is 29.8 Å². The predicted molar refractivity (Wildman–Crippen MR) is 144 cm³/mol. The fourth-order valence-corrected chi connectivity index (χ4v) is 5.43. The second-order valence-corrected chi connectivity index (χ2v) is 11.4. The largest absolute Gasteiger partial charge is 0.452 e. The van der Waals surface area contributed by atoms with Crippen LogP contribution in [-0.4, -0.2) is 68.1 Å². The highest BCUT2D eigenvalue weighted by Crippen LogP contribution is 2.50. The molecule has 1 aliphatic rings. The van der Waals surface area contributed by atoms with Gasteiger partial charge in [-0.15, -0.1) is 0 Å². The Morgan fingerprint density at radius 3 is 1.85 bits per heavy atom. The Labute approximate surface area is 232 Å². The van der Waals surface area contributed by atoms with Crippen LogP contribution in [-0.2, 0) is 39.2 Å². The molecule has 10 nitrogen and oxygen atoms in total. The molecule has 4 atom stereocenters. The second kappa shape index (κ2) is 13.3. The van der Waals surface area contributed by atoms with Gasteiger partial charge in [0.1, 0.15) is 12.7 Å². The van der Waals surface area contributed by atoms with E-state index in [0.717, 1.165) is 5.56 Å². The molecular formula is C29H31O10P. The van der Waals surface area contributed by atoms with E-state index in [1.807, 2.05) is 30.3 Å². The van der Waals surface area contributed by atoms with Gasteiger partial charge in [0.2, 0.25) is 5.79 Å². The third kappa shape index (κ3) is 7.22. The molecule has 1 N–H and O–H groups in total. The van der Waals surface area contributed by atoms with Crippen molar-refractivity contribution in [3.8, 4) is 0 Å². The van der Waals surface area contributed by atoms with Gasteiger partial charge in [-0.25, -0.2) is 9.59 Å². The number of esters is 2. The smallest absolute Gasteiger partial charge is 0.338 e. The molecular weight excluding hydrogens is 539 g/mol. The molecule has 0 saturated carbocycles. The van der Waals surface area contributed by atoms with Crippen LogP contribution in [0, 0.1) is 0 Å². The lowest BCUT2D eigenvalue weighted by molar-refractivity contribution is -0.252. The summed E-state index contributed by atoms with van der Waals surface area (Å²) in [5.41, 5.74) is 1.24. The van der Waals surface area contributed by atoms with E-state index < -0.39 is 56.4 Å².